The van der Waals surface area contributed by atoms with Crippen molar-refractivity contribution < 1.29 is 31.1 Å². The molecular weight excluding hydrogens is 482 g/mol. The first-order valence-corrected chi connectivity index (χ1v) is 7.15. The third-order valence-corrected chi connectivity index (χ3v) is 3.32. The van der Waals surface area contributed by atoms with Gasteiger partial charge in [0.1, 0.15) is 0 Å². The van der Waals surface area contributed by atoms with Crippen molar-refractivity contribution >= 4 is 11.0 Å². The van der Waals surface area contributed by atoms with E-state index >= 15 is 0 Å². The van der Waals surface area contributed by atoms with Crippen LogP contribution in [0.5, 0.6) is 0 Å². The summed E-state index contributed by atoms with van der Waals surface area (Å²) in [5, 5.41) is 1.11. The fourth-order valence-corrected chi connectivity index (χ4v) is 2.04. The van der Waals surface area contributed by atoms with Gasteiger partial charge < -0.3 is 6.92 Å². The number of aryl methyl sites for hydroxylation is 1. The first-order valence-electron chi connectivity index (χ1n) is 7.15. The molecule has 1 atom stereocenters. The minimum atomic E-state index is 0. The number of aromatic nitrogens is 2. The van der Waals surface area contributed by atoms with E-state index in [2.05, 4.69) is 49.5 Å². The van der Waals surface area contributed by atoms with Gasteiger partial charge in [-0.15, -0.1) is 0 Å². The molecule has 2 aromatic heterocycles. The predicted molar refractivity (Wildman–Crippen MR) is 87.2 cm³/mol. The van der Waals surface area contributed by atoms with E-state index < -0.39 is 0 Å². The molecule has 21 heavy (non-hydrogen) atoms. The molecule has 1 unspecified atom stereocenters. The first-order chi connectivity index (χ1) is 9.74. The SMILES string of the molecule is C=C[CH2-].[CH2-]CC(CC)CCc1ccc2cccnc2n1.[U+2]. The van der Waals surface area contributed by atoms with Gasteiger partial charge in [-0.05, 0) is 37.1 Å². The van der Waals surface area contributed by atoms with Crippen molar-refractivity contribution in [3.8, 4) is 0 Å². The molecule has 0 aliphatic carbocycles. The summed E-state index contributed by atoms with van der Waals surface area (Å²) in [7, 11) is 0. The Morgan fingerprint density at radius 2 is 2.05 bits per heavy atom. The van der Waals surface area contributed by atoms with Gasteiger partial charge in [-0.1, -0.05) is 19.3 Å². The Morgan fingerprint density at radius 3 is 2.67 bits per heavy atom. The summed E-state index contributed by atoms with van der Waals surface area (Å²) in [4.78, 5) is 8.87. The maximum absolute atomic E-state index is 4.58. The van der Waals surface area contributed by atoms with Crippen LogP contribution in [0.4, 0.5) is 0 Å². The summed E-state index contributed by atoms with van der Waals surface area (Å²) in [5.74, 6) is 0.719. The monoisotopic (exact) mass is 506 g/mol. The summed E-state index contributed by atoms with van der Waals surface area (Å²) in [6, 6.07) is 8.21. The summed E-state index contributed by atoms with van der Waals surface area (Å²) in [6.45, 7) is 12.7. The minimum Gasteiger partial charge on any atom is -0.343 e. The summed E-state index contributed by atoms with van der Waals surface area (Å²) in [6.07, 6.45) is 7.72. The summed E-state index contributed by atoms with van der Waals surface area (Å²) < 4.78 is 0. The van der Waals surface area contributed by atoms with Crippen molar-refractivity contribution in [3.63, 3.8) is 0 Å². The Balaban J connectivity index is 0.000000922. The van der Waals surface area contributed by atoms with E-state index in [4.69, 9.17) is 0 Å². The Bertz CT molecular complexity index is 521. The molecule has 0 fully saturated rings. The molecule has 2 rings (SSSR count). The van der Waals surface area contributed by atoms with Crippen LogP contribution in [0.2, 0.25) is 0 Å². The van der Waals surface area contributed by atoms with Gasteiger partial charge in [0.05, 0.1) is 0 Å². The maximum Gasteiger partial charge on any atom is 2.00 e. The summed E-state index contributed by atoms with van der Waals surface area (Å²) >= 11 is 0. The zero-order valence-electron chi connectivity index (χ0n) is 12.9. The molecule has 0 spiro atoms. The van der Waals surface area contributed by atoms with E-state index in [9.17, 15) is 0 Å². The largest absolute Gasteiger partial charge is 2.00 e. The quantitative estimate of drug-likeness (QED) is 0.544. The molecule has 3 heteroatoms. The van der Waals surface area contributed by atoms with Crippen LogP contribution in [-0.4, -0.2) is 9.97 Å². The number of allylic oxidation sites excluding steroid dienone is 1. The minimum absolute atomic E-state index is 0. The molecule has 110 valence electrons. The zero-order chi connectivity index (χ0) is 14.8. The molecule has 0 amide bonds. The number of rotatable bonds is 5. The third kappa shape index (κ3) is 7.16. The van der Waals surface area contributed by atoms with Gasteiger partial charge in [0.25, 0.3) is 0 Å². The Hall–Kier alpha value is -0.778. The van der Waals surface area contributed by atoms with Gasteiger partial charge in [0.15, 0.2) is 5.65 Å². The van der Waals surface area contributed by atoms with Crippen LogP contribution < -0.4 is 0 Å². The molecule has 0 N–H and O–H groups in total. The van der Waals surface area contributed by atoms with E-state index in [1.807, 2.05) is 12.1 Å². The van der Waals surface area contributed by atoms with E-state index in [0.29, 0.717) is 0 Å². The number of pyridine rings is 2. The Kier molecular flexibility index (Phi) is 11.4. The van der Waals surface area contributed by atoms with Crippen LogP contribution in [-0.2, 0) is 6.42 Å². The Morgan fingerprint density at radius 1 is 1.33 bits per heavy atom. The van der Waals surface area contributed by atoms with Gasteiger partial charge >= 0.3 is 31.1 Å². The molecule has 0 radical (unpaired) electrons. The summed E-state index contributed by atoms with van der Waals surface area (Å²) in [5.41, 5.74) is 2.00. The van der Waals surface area contributed by atoms with Gasteiger partial charge in [0, 0.05) is 17.3 Å². The second kappa shape index (κ2) is 11.8. The average Bonchev–Trinajstić information content (AvgIpc) is 2.49. The molecule has 0 aliphatic rings. The topological polar surface area (TPSA) is 25.8 Å². The fraction of sp³-hybridized carbons (Fsp3) is 0.333. The van der Waals surface area contributed by atoms with Crippen molar-refractivity contribution in [3.05, 3.63) is 62.7 Å². The van der Waals surface area contributed by atoms with Gasteiger partial charge in [-0.3, -0.25) is 0 Å². The van der Waals surface area contributed by atoms with Crippen LogP contribution >= 0.6 is 0 Å². The van der Waals surface area contributed by atoms with Gasteiger partial charge in [0.2, 0.25) is 0 Å². The van der Waals surface area contributed by atoms with Gasteiger partial charge in [-0.25, -0.2) is 29.5 Å². The molecule has 0 aromatic carbocycles. The van der Waals surface area contributed by atoms with Crippen LogP contribution in [0.3, 0.4) is 0 Å². The molecule has 2 aromatic rings. The van der Waals surface area contributed by atoms with E-state index in [1.54, 1.807) is 6.20 Å². The number of nitrogens with zero attached hydrogens (tertiary/aromatic N) is 2. The van der Waals surface area contributed by atoms with E-state index in [1.165, 1.54) is 18.9 Å². The normalized spacial score (nSPS) is 11.0. The number of fused-ring (bicyclic) bond motifs is 1. The van der Waals surface area contributed by atoms with Crippen molar-refractivity contribution in [2.45, 2.75) is 32.6 Å². The van der Waals surface area contributed by atoms with Crippen LogP contribution in [0.15, 0.2) is 43.1 Å². The molecule has 2 nitrogen and oxygen atoms in total. The van der Waals surface area contributed by atoms with E-state index in [0.717, 1.165) is 35.5 Å². The van der Waals surface area contributed by atoms with Crippen LogP contribution in [0.25, 0.3) is 11.0 Å². The second-order valence-corrected chi connectivity index (χ2v) is 4.74. The van der Waals surface area contributed by atoms with Crippen molar-refractivity contribution in [2.75, 3.05) is 0 Å². The molecule has 0 bridgehead atoms. The predicted octanol–water partition coefficient (Wildman–Crippen LogP) is 4.82. The number of hydrogen-bond acceptors (Lipinski definition) is 2. The maximum atomic E-state index is 4.58. The van der Waals surface area contributed by atoms with Crippen molar-refractivity contribution in [1.29, 1.82) is 0 Å². The van der Waals surface area contributed by atoms with Crippen molar-refractivity contribution in [1.82, 2.24) is 9.97 Å². The Labute approximate surface area is 152 Å². The van der Waals surface area contributed by atoms with Gasteiger partial charge in [-0.2, -0.15) is 6.42 Å². The molecule has 0 aliphatic heterocycles. The molecule has 2 heterocycles. The molecular formula is C18H24N2U. The standard InChI is InChI=1S/C15H19N2.C3H5.U/c1-3-12(4-2)7-9-14-10-8-13-6-5-11-16-15(13)17-14;1-3-2;/h5-6,8,10-12H,1,3-4,7,9H2,2H3;3H,1-2H2;/q2*-1;+2. The van der Waals surface area contributed by atoms with Crippen molar-refractivity contribution in [2.24, 2.45) is 5.92 Å². The third-order valence-electron chi connectivity index (χ3n) is 3.32. The molecule has 0 saturated carbocycles. The molecule has 0 saturated heterocycles. The fourth-order valence-electron chi connectivity index (χ4n) is 2.04. The van der Waals surface area contributed by atoms with Crippen LogP contribution in [0.1, 0.15) is 31.9 Å². The van der Waals surface area contributed by atoms with Crippen LogP contribution in [0, 0.1) is 50.9 Å². The average molecular weight is 506 g/mol. The second-order valence-electron chi connectivity index (χ2n) is 4.74. The number of hydrogen-bond donors (Lipinski definition) is 0. The smallest absolute Gasteiger partial charge is 0.343 e. The zero-order valence-corrected chi connectivity index (χ0v) is 17.0. The van der Waals surface area contributed by atoms with E-state index in [-0.39, 0.29) is 31.1 Å². The first kappa shape index (κ1) is 20.2.